The van der Waals surface area contributed by atoms with E-state index in [0.29, 0.717) is 13.2 Å². The van der Waals surface area contributed by atoms with Gasteiger partial charge >= 0.3 is 12.0 Å². The predicted octanol–water partition coefficient (Wildman–Crippen LogP) is 0.820. The van der Waals surface area contributed by atoms with Crippen LogP contribution in [0.25, 0.3) is 0 Å². The van der Waals surface area contributed by atoms with Gasteiger partial charge in [0.05, 0.1) is 12.7 Å². The van der Waals surface area contributed by atoms with Crippen LogP contribution in [0.4, 0.5) is 4.79 Å². The second-order valence-corrected chi connectivity index (χ2v) is 4.38. The van der Waals surface area contributed by atoms with Crippen molar-refractivity contribution in [3.8, 4) is 0 Å². The quantitative estimate of drug-likeness (QED) is 0.580. The molecule has 0 aliphatic carbocycles. The zero-order valence-electron chi connectivity index (χ0n) is 10.8. The second kappa shape index (κ2) is 7.89. The Hall–Kier alpha value is -1.30. The summed E-state index contributed by atoms with van der Waals surface area (Å²) in [7, 11) is 0. The molecule has 0 radical (unpaired) electrons. The van der Waals surface area contributed by atoms with Gasteiger partial charge in [0.2, 0.25) is 0 Å². The van der Waals surface area contributed by atoms with Crippen LogP contribution in [0.3, 0.4) is 0 Å². The van der Waals surface area contributed by atoms with Gasteiger partial charge < -0.3 is 20.5 Å². The standard InChI is InChI=1S/C11H22N2O4/c1-7(2)9(10(14)15)13-11(16)12-5-6-17-8(3)4/h7-9H,5-6H2,1-4H3,(H,14,15)(H2,12,13,16)/t9-/m1/s1. The van der Waals surface area contributed by atoms with Gasteiger partial charge in [0.15, 0.2) is 0 Å². The number of hydrogen-bond donors (Lipinski definition) is 3. The first-order valence-electron chi connectivity index (χ1n) is 5.73. The minimum Gasteiger partial charge on any atom is -0.480 e. The fourth-order valence-electron chi connectivity index (χ4n) is 1.17. The Kier molecular flexibility index (Phi) is 7.29. The second-order valence-electron chi connectivity index (χ2n) is 4.38. The van der Waals surface area contributed by atoms with E-state index >= 15 is 0 Å². The Balaban J connectivity index is 3.87. The van der Waals surface area contributed by atoms with Gasteiger partial charge in [-0.15, -0.1) is 0 Å². The van der Waals surface area contributed by atoms with Crippen molar-refractivity contribution in [1.82, 2.24) is 10.6 Å². The van der Waals surface area contributed by atoms with Crippen LogP contribution in [-0.4, -0.2) is 42.4 Å². The van der Waals surface area contributed by atoms with Crippen molar-refractivity contribution in [2.45, 2.75) is 39.8 Å². The number of carbonyl (C=O) groups is 2. The van der Waals surface area contributed by atoms with Crippen LogP contribution in [0.5, 0.6) is 0 Å². The number of amides is 2. The Morgan fingerprint density at radius 2 is 1.82 bits per heavy atom. The first-order valence-corrected chi connectivity index (χ1v) is 5.73. The molecule has 0 aromatic rings. The zero-order chi connectivity index (χ0) is 13.4. The van der Waals surface area contributed by atoms with Crippen molar-refractivity contribution in [2.75, 3.05) is 13.2 Å². The monoisotopic (exact) mass is 246 g/mol. The number of nitrogens with one attached hydrogen (secondary N) is 2. The first kappa shape index (κ1) is 15.7. The summed E-state index contributed by atoms with van der Waals surface area (Å²) in [4.78, 5) is 22.2. The highest BCUT2D eigenvalue weighted by atomic mass is 16.5. The number of ether oxygens (including phenoxy) is 1. The molecule has 0 fully saturated rings. The lowest BCUT2D eigenvalue weighted by Crippen LogP contribution is -2.49. The van der Waals surface area contributed by atoms with E-state index in [2.05, 4.69) is 10.6 Å². The molecule has 3 N–H and O–H groups in total. The van der Waals surface area contributed by atoms with Gasteiger partial charge in [-0.05, 0) is 19.8 Å². The molecule has 0 rings (SSSR count). The van der Waals surface area contributed by atoms with Crippen LogP contribution in [0, 0.1) is 5.92 Å². The van der Waals surface area contributed by atoms with Gasteiger partial charge in [0, 0.05) is 6.54 Å². The van der Waals surface area contributed by atoms with Gasteiger partial charge in [-0.3, -0.25) is 0 Å². The molecule has 6 nitrogen and oxygen atoms in total. The highest BCUT2D eigenvalue weighted by Gasteiger charge is 2.22. The molecular weight excluding hydrogens is 224 g/mol. The predicted molar refractivity (Wildman–Crippen MR) is 63.9 cm³/mol. The van der Waals surface area contributed by atoms with E-state index in [0.717, 1.165) is 0 Å². The highest BCUT2D eigenvalue weighted by molar-refractivity contribution is 5.82. The number of urea groups is 1. The number of carboxylic acids is 1. The molecule has 0 heterocycles. The molecule has 6 heteroatoms. The van der Waals surface area contributed by atoms with E-state index in [9.17, 15) is 9.59 Å². The fourth-order valence-corrected chi connectivity index (χ4v) is 1.17. The summed E-state index contributed by atoms with van der Waals surface area (Å²) in [6.45, 7) is 8.04. The topological polar surface area (TPSA) is 87.7 Å². The highest BCUT2D eigenvalue weighted by Crippen LogP contribution is 2.01. The van der Waals surface area contributed by atoms with Crippen molar-refractivity contribution in [3.05, 3.63) is 0 Å². The number of carboxylic acid groups (broad SMARTS) is 1. The molecule has 0 unspecified atom stereocenters. The van der Waals surface area contributed by atoms with Crippen molar-refractivity contribution < 1.29 is 19.4 Å². The van der Waals surface area contributed by atoms with Gasteiger partial charge in [-0.1, -0.05) is 13.8 Å². The van der Waals surface area contributed by atoms with E-state index < -0.39 is 18.0 Å². The molecule has 100 valence electrons. The maximum absolute atomic E-state index is 11.4. The Labute approximate surface area is 102 Å². The molecule has 0 aliphatic heterocycles. The maximum atomic E-state index is 11.4. The van der Waals surface area contributed by atoms with Crippen LogP contribution in [0.1, 0.15) is 27.7 Å². The molecule has 1 atom stereocenters. The molecule has 0 saturated heterocycles. The summed E-state index contributed by atoms with van der Waals surface area (Å²) >= 11 is 0. The summed E-state index contributed by atoms with van der Waals surface area (Å²) in [6, 6.07) is -1.36. The third kappa shape index (κ3) is 7.57. The van der Waals surface area contributed by atoms with E-state index in [4.69, 9.17) is 9.84 Å². The Bertz CT molecular complexity index is 254. The SMILES string of the molecule is CC(C)OCCNC(=O)N[C@@H](C(=O)O)C(C)C. The van der Waals surface area contributed by atoms with E-state index in [1.165, 1.54) is 0 Å². The normalized spacial score (nSPS) is 12.6. The smallest absolute Gasteiger partial charge is 0.326 e. The molecule has 0 bridgehead atoms. The zero-order valence-corrected chi connectivity index (χ0v) is 10.8. The lowest BCUT2D eigenvalue weighted by molar-refractivity contribution is -0.140. The third-order valence-electron chi connectivity index (χ3n) is 2.06. The summed E-state index contributed by atoms with van der Waals surface area (Å²) in [5.41, 5.74) is 0. The number of rotatable bonds is 7. The molecule has 0 spiro atoms. The Morgan fingerprint density at radius 1 is 1.24 bits per heavy atom. The molecule has 0 aromatic carbocycles. The first-order chi connectivity index (χ1) is 7.84. The fraction of sp³-hybridized carbons (Fsp3) is 0.818. The van der Waals surface area contributed by atoms with Crippen LogP contribution in [0.15, 0.2) is 0 Å². The van der Waals surface area contributed by atoms with Crippen LogP contribution in [0.2, 0.25) is 0 Å². The molecule has 17 heavy (non-hydrogen) atoms. The van der Waals surface area contributed by atoms with Crippen LogP contribution in [-0.2, 0) is 9.53 Å². The summed E-state index contributed by atoms with van der Waals surface area (Å²) in [5.74, 6) is -1.20. The van der Waals surface area contributed by atoms with Crippen molar-refractivity contribution >= 4 is 12.0 Å². The lowest BCUT2D eigenvalue weighted by Gasteiger charge is -2.18. The summed E-state index contributed by atoms with van der Waals surface area (Å²) < 4.78 is 5.23. The summed E-state index contributed by atoms with van der Waals surface area (Å²) in [6.07, 6.45) is 0.113. The van der Waals surface area contributed by atoms with E-state index in [1.807, 2.05) is 13.8 Å². The van der Waals surface area contributed by atoms with Crippen molar-refractivity contribution in [3.63, 3.8) is 0 Å². The lowest BCUT2D eigenvalue weighted by atomic mass is 10.1. The van der Waals surface area contributed by atoms with Gasteiger partial charge in [0.25, 0.3) is 0 Å². The van der Waals surface area contributed by atoms with Crippen LogP contribution >= 0.6 is 0 Å². The minimum atomic E-state index is -1.03. The molecule has 0 aliphatic rings. The summed E-state index contributed by atoms with van der Waals surface area (Å²) in [5, 5.41) is 13.8. The largest absolute Gasteiger partial charge is 0.480 e. The molecule has 0 saturated carbocycles. The number of carbonyl (C=O) groups excluding carboxylic acids is 1. The number of hydrogen-bond acceptors (Lipinski definition) is 3. The van der Waals surface area contributed by atoms with Gasteiger partial charge in [0.1, 0.15) is 6.04 Å². The third-order valence-corrected chi connectivity index (χ3v) is 2.06. The van der Waals surface area contributed by atoms with Gasteiger partial charge in [-0.2, -0.15) is 0 Å². The van der Waals surface area contributed by atoms with Crippen molar-refractivity contribution in [1.29, 1.82) is 0 Å². The average Bonchev–Trinajstić information content (AvgIpc) is 2.19. The maximum Gasteiger partial charge on any atom is 0.326 e. The molecular formula is C11H22N2O4. The van der Waals surface area contributed by atoms with Gasteiger partial charge in [-0.25, -0.2) is 9.59 Å². The van der Waals surface area contributed by atoms with Crippen LogP contribution < -0.4 is 10.6 Å². The Morgan fingerprint density at radius 3 is 2.24 bits per heavy atom. The minimum absolute atomic E-state index is 0.113. The molecule has 2 amide bonds. The number of aliphatic carboxylic acids is 1. The molecule has 0 aromatic heterocycles. The van der Waals surface area contributed by atoms with E-state index in [-0.39, 0.29) is 12.0 Å². The van der Waals surface area contributed by atoms with E-state index in [1.54, 1.807) is 13.8 Å². The average molecular weight is 246 g/mol. The van der Waals surface area contributed by atoms with Crippen molar-refractivity contribution in [2.24, 2.45) is 5.92 Å².